The predicted octanol–water partition coefficient (Wildman–Crippen LogP) is 1.42. The van der Waals surface area contributed by atoms with Crippen molar-refractivity contribution in [3.05, 3.63) is 47.5 Å². The van der Waals surface area contributed by atoms with Gasteiger partial charge in [0.05, 0.1) is 6.04 Å². The van der Waals surface area contributed by atoms with E-state index in [4.69, 9.17) is 5.73 Å². The number of aromatic nitrogens is 3. The molecule has 0 aliphatic rings. The average molecular weight is 202 g/mol. The molecule has 0 saturated heterocycles. The maximum Gasteiger partial charge on any atom is 0.171 e. The minimum Gasteiger partial charge on any atom is -0.318 e. The summed E-state index contributed by atoms with van der Waals surface area (Å²) in [4.78, 5) is 4.31. The lowest BCUT2D eigenvalue weighted by atomic mass is 10.1. The van der Waals surface area contributed by atoms with Gasteiger partial charge in [-0.1, -0.05) is 37.3 Å². The summed E-state index contributed by atoms with van der Waals surface area (Å²) in [5, 5.41) is 6.97. The minimum absolute atomic E-state index is 0.247. The monoisotopic (exact) mass is 202 g/mol. The van der Waals surface area contributed by atoms with Gasteiger partial charge < -0.3 is 5.73 Å². The van der Waals surface area contributed by atoms with Gasteiger partial charge in [-0.2, -0.15) is 5.10 Å². The van der Waals surface area contributed by atoms with Crippen molar-refractivity contribution in [3.8, 4) is 0 Å². The third kappa shape index (κ3) is 2.05. The summed E-state index contributed by atoms with van der Waals surface area (Å²) in [7, 11) is 0. The fraction of sp³-hybridized carbons (Fsp3) is 0.273. The molecule has 0 fully saturated rings. The molecule has 0 radical (unpaired) electrons. The van der Waals surface area contributed by atoms with Crippen LogP contribution in [0, 0.1) is 0 Å². The molecule has 78 valence electrons. The molecule has 0 saturated carbocycles. The Morgan fingerprint density at radius 2 is 2.07 bits per heavy atom. The lowest BCUT2D eigenvalue weighted by Crippen LogP contribution is -2.13. The Balaban J connectivity index is 2.24. The smallest absolute Gasteiger partial charge is 0.171 e. The standard InChI is InChI=1S/C11H14N4/c1-2-9-13-11(15-14-9)10(12)8-6-4-3-5-7-8/h3-7,10H,2,12H2,1H3,(H,13,14,15). The number of aromatic amines is 1. The second-order valence-corrected chi connectivity index (χ2v) is 3.38. The number of nitrogens with zero attached hydrogens (tertiary/aromatic N) is 2. The number of nitrogens with one attached hydrogen (secondary N) is 1. The Labute approximate surface area is 88.5 Å². The van der Waals surface area contributed by atoms with Crippen LogP contribution in [-0.2, 0) is 6.42 Å². The van der Waals surface area contributed by atoms with Gasteiger partial charge >= 0.3 is 0 Å². The fourth-order valence-electron chi connectivity index (χ4n) is 1.42. The van der Waals surface area contributed by atoms with E-state index in [0.29, 0.717) is 5.82 Å². The molecule has 0 spiro atoms. The molecule has 3 N–H and O–H groups in total. The van der Waals surface area contributed by atoms with Crippen LogP contribution in [0.1, 0.15) is 30.2 Å². The highest BCUT2D eigenvalue weighted by atomic mass is 15.2. The van der Waals surface area contributed by atoms with Crippen molar-refractivity contribution >= 4 is 0 Å². The van der Waals surface area contributed by atoms with Crippen molar-refractivity contribution < 1.29 is 0 Å². The lowest BCUT2D eigenvalue weighted by molar-refractivity contribution is 0.787. The van der Waals surface area contributed by atoms with E-state index in [1.165, 1.54) is 0 Å². The summed E-state index contributed by atoms with van der Waals surface area (Å²) < 4.78 is 0. The fourth-order valence-corrected chi connectivity index (χ4v) is 1.42. The van der Waals surface area contributed by atoms with Crippen LogP contribution in [0.2, 0.25) is 0 Å². The van der Waals surface area contributed by atoms with Crippen LogP contribution in [-0.4, -0.2) is 15.2 Å². The Hall–Kier alpha value is -1.68. The van der Waals surface area contributed by atoms with Gasteiger partial charge in [-0.25, -0.2) is 4.98 Å². The van der Waals surface area contributed by atoms with E-state index in [0.717, 1.165) is 17.8 Å². The van der Waals surface area contributed by atoms with E-state index < -0.39 is 0 Å². The number of aryl methyl sites for hydroxylation is 1. The summed E-state index contributed by atoms with van der Waals surface area (Å²) in [5.41, 5.74) is 7.07. The molecule has 0 aliphatic carbocycles. The van der Waals surface area contributed by atoms with E-state index in [1.54, 1.807) is 0 Å². The van der Waals surface area contributed by atoms with E-state index in [2.05, 4.69) is 15.2 Å². The van der Waals surface area contributed by atoms with E-state index >= 15 is 0 Å². The van der Waals surface area contributed by atoms with Crippen molar-refractivity contribution in [2.24, 2.45) is 5.73 Å². The van der Waals surface area contributed by atoms with Crippen molar-refractivity contribution in [2.75, 3.05) is 0 Å². The topological polar surface area (TPSA) is 67.6 Å². The van der Waals surface area contributed by atoms with Gasteiger partial charge in [0.2, 0.25) is 0 Å². The predicted molar refractivity (Wildman–Crippen MR) is 58.2 cm³/mol. The molecule has 4 heteroatoms. The average Bonchev–Trinajstić information content (AvgIpc) is 2.78. The number of benzene rings is 1. The van der Waals surface area contributed by atoms with Crippen LogP contribution in [0.25, 0.3) is 0 Å². The van der Waals surface area contributed by atoms with Crippen LogP contribution in [0.15, 0.2) is 30.3 Å². The third-order valence-electron chi connectivity index (χ3n) is 2.32. The molecule has 1 heterocycles. The zero-order valence-corrected chi connectivity index (χ0v) is 8.64. The van der Waals surface area contributed by atoms with Gasteiger partial charge in [-0.3, -0.25) is 5.10 Å². The van der Waals surface area contributed by atoms with Crippen molar-refractivity contribution in [1.29, 1.82) is 0 Å². The Morgan fingerprint density at radius 3 is 2.67 bits per heavy atom. The SMILES string of the molecule is CCc1nc(C(N)c2ccccc2)n[nH]1. The normalized spacial score (nSPS) is 12.7. The number of hydrogen-bond donors (Lipinski definition) is 2. The Kier molecular flexibility index (Phi) is 2.78. The lowest BCUT2D eigenvalue weighted by Gasteiger charge is -2.06. The van der Waals surface area contributed by atoms with E-state index in [9.17, 15) is 0 Å². The molecule has 1 aromatic carbocycles. The largest absolute Gasteiger partial charge is 0.318 e. The van der Waals surface area contributed by atoms with E-state index in [1.807, 2.05) is 37.3 Å². The third-order valence-corrected chi connectivity index (χ3v) is 2.32. The van der Waals surface area contributed by atoms with Gasteiger partial charge in [-0.15, -0.1) is 0 Å². The molecule has 0 bridgehead atoms. The minimum atomic E-state index is -0.247. The zero-order chi connectivity index (χ0) is 10.7. The highest BCUT2D eigenvalue weighted by Crippen LogP contribution is 2.15. The quantitative estimate of drug-likeness (QED) is 0.790. The molecular weight excluding hydrogens is 188 g/mol. The van der Waals surface area contributed by atoms with Crippen LogP contribution in [0.3, 0.4) is 0 Å². The second-order valence-electron chi connectivity index (χ2n) is 3.38. The van der Waals surface area contributed by atoms with Crippen LogP contribution in [0.4, 0.5) is 0 Å². The molecule has 1 unspecified atom stereocenters. The molecule has 1 atom stereocenters. The van der Waals surface area contributed by atoms with Gasteiger partial charge in [0.15, 0.2) is 5.82 Å². The van der Waals surface area contributed by atoms with Crippen LogP contribution in [0.5, 0.6) is 0 Å². The van der Waals surface area contributed by atoms with Crippen molar-refractivity contribution in [2.45, 2.75) is 19.4 Å². The van der Waals surface area contributed by atoms with Crippen molar-refractivity contribution in [1.82, 2.24) is 15.2 Å². The first-order valence-corrected chi connectivity index (χ1v) is 5.03. The molecule has 15 heavy (non-hydrogen) atoms. The van der Waals surface area contributed by atoms with Gasteiger partial charge in [-0.05, 0) is 5.56 Å². The molecule has 2 rings (SSSR count). The van der Waals surface area contributed by atoms with Crippen molar-refractivity contribution in [3.63, 3.8) is 0 Å². The Morgan fingerprint density at radius 1 is 1.33 bits per heavy atom. The summed E-state index contributed by atoms with van der Waals surface area (Å²) in [6, 6.07) is 9.60. The summed E-state index contributed by atoms with van der Waals surface area (Å²) >= 11 is 0. The summed E-state index contributed by atoms with van der Waals surface area (Å²) in [6.07, 6.45) is 0.842. The molecule has 0 aliphatic heterocycles. The number of rotatable bonds is 3. The molecule has 0 amide bonds. The molecule has 1 aromatic heterocycles. The van der Waals surface area contributed by atoms with Crippen LogP contribution >= 0.6 is 0 Å². The van der Waals surface area contributed by atoms with Crippen LogP contribution < -0.4 is 5.73 Å². The first kappa shape index (κ1) is 9.86. The van der Waals surface area contributed by atoms with E-state index in [-0.39, 0.29) is 6.04 Å². The van der Waals surface area contributed by atoms with Gasteiger partial charge in [0.1, 0.15) is 5.82 Å². The molecule has 4 nitrogen and oxygen atoms in total. The molecular formula is C11H14N4. The first-order chi connectivity index (χ1) is 7.31. The maximum atomic E-state index is 6.04. The summed E-state index contributed by atoms with van der Waals surface area (Å²) in [6.45, 7) is 2.03. The highest BCUT2D eigenvalue weighted by Gasteiger charge is 2.13. The summed E-state index contributed by atoms with van der Waals surface area (Å²) in [5.74, 6) is 1.52. The number of hydrogen-bond acceptors (Lipinski definition) is 3. The number of H-pyrrole nitrogens is 1. The Bertz CT molecular complexity index is 421. The second kappa shape index (κ2) is 4.23. The number of nitrogens with two attached hydrogens (primary N) is 1. The first-order valence-electron chi connectivity index (χ1n) is 5.03. The molecule has 2 aromatic rings. The highest BCUT2D eigenvalue weighted by molar-refractivity contribution is 5.23. The van der Waals surface area contributed by atoms with Gasteiger partial charge in [0.25, 0.3) is 0 Å². The van der Waals surface area contributed by atoms with Gasteiger partial charge in [0, 0.05) is 6.42 Å². The maximum absolute atomic E-state index is 6.04. The zero-order valence-electron chi connectivity index (χ0n) is 8.64.